The molecule has 2 aromatic rings. The molecule has 0 unspecified atom stereocenters. The van der Waals surface area contributed by atoms with E-state index in [9.17, 15) is 8.42 Å². The van der Waals surface area contributed by atoms with Crippen molar-refractivity contribution in [2.75, 3.05) is 34.2 Å². The van der Waals surface area contributed by atoms with Gasteiger partial charge in [0.25, 0.3) is 0 Å². The summed E-state index contributed by atoms with van der Waals surface area (Å²) in [4.78, 5) is 6.61. The quantitative estimate of drug-likeness (QED) is 0.732. The van der Waals surface area contributed by atoms with Crippen molar-refractivity contribution in [3.05, 3.63) is 23.7 Å². The second-order valence-electron chi connectivity index (χ2n) is 5.32. The molecule has 0 saturated carbocycles. The predicted molar refractivity (Wildman–Crippen MR) is 87.2 cm³/mol. The van der Waals surface area contributed by atoms with Crippen LogP contribution < -0.4 is 0 Å². The lowest BCUT2D eigenvalue weighted by atomic mass is 10.3. The van der Waals surface area contributed by atoms with Gasteiger partial charge in [-0.25, -0.2) is 17.7 Å². The average molecular weight is 327 g/mol. The minimum Gasteiger partial charge on any atom is -0.309 e. The van der Waals surface area contributed by atoms with Crippen LogP contribution in [0.25, 0.3) is 10.2 Å². The number of unbranched alkanes of at least 4 members (excludes halogenated alkanes) is 1. The molecule has 0 saturated heterocycles. The van der Waals surface area contributed by atoms with E-state index in [2.05, 4.69) is 9.88 Å². The lowest BCUT2D eigenvalue weighted by Crippen LogP contribution is -2.28. The Bertz CT molecular complexity index is 695. The SMILES string of the molecule is CN(C)CCCCN(C)S(=O)(=O)c1ccc2ncsc2c1. The van der Waals surface area contributed by atoms with Crippen LogP contribution >= 0.6 is 11.3 Å². The molecular formula is C14H21N3O2S2. The molecule has 0 aliphatic heterocycles. The largest absolute Gasteiger partial charge is 0.309 e. The van der Waals surface area contributed by atoms with Gasteiger partial charge in [-0.15, -0.1) is 11.3 Å². The van der Waals surface area contributed by atoms with E-state index in [-0.39, 0.29) is 0 Å². The molecule has 21 heavy (non-hydrogen) atoms. The summed E-state index contributed by atoms with van der Waals surface area (Å²) in [7, 11) is 2.27. The molecule has 5 nitrogen and oxygen atoms in total. The molecule has 1 aromatic heterocycles. The van der Waals surface area contributed by atoms with Gasteiger partial charge < -0.3 is 4.90 Å². The molecule has 0 N–H and O–H groups in total. The average Bonchev–Trinajstić information content (AvgIpc) is 2.90. The second kappa shape index (κ2) is 6.83. The highest BCUT2D eigenvalue weighted by Gasteiger charge is 2.20. The number of rotatable bonds is 7. The predicted octanol–water partition coefficient (Wildman–Crippen LogP) is 2.26. The number of hydrogen-bond acceptors (Lipinski definition) is 5. The lowest BCUT2D eigenvalue weighted by Gasteiger charge is -2.17. The highest BCUT2D eigenvalue weighted by molar-refractivity contribution is 7.89. The summed E-state index contributed by atoms with van der Waals surface area (Å²) < 4.78 is 27.4. The standard InChI is InChI=1S/C14H21N3O2S2/c1-16(2)8-4-5-9-17(3)21(18,19)12-6-7-13-14(10-12)20-11-15-13/h6-7,10-11H,4-5,8-9H2,1-3H3. The number of aromatic nitrogens is 1. The minimum absolute atomic E-state index is 0.342. The fourth-order valence-electron chi connectivity index (χ4n) is 2.06. The Morgan fingerprint density at radius 3 is 2.57 bits per heavy atom. The van der Waals surface area contributed by atoms with Crippen molar-refractivity contribution in [1.82, 2.24) is 14.2 Å². The van der Waals surface area contributed by atoms with E-state index in [1.807, 2.05) is 14.1 Å². The molecule has 1 aromatic carbocycles. The van der Waals surface area contributed by atoms with E-state index in [4.69, 9.17) is 0 Å². The number of hydrogen-bond donors (Lipinski definition) is 0. The van der Waals surface area contributed by atoms with E-state index < -0.39 is 10.0 Å². The summed E-state index contributed by atoms with van der Waals surface area (Å²) in [6.45, 7) is 1.51. The highest BCUT2D eigenvalue weighted by atomic mass is 32.2. The zero-order chi connectivity index (χ0) is 15.5. The molecule has 0 bridgehead atoms. The lowest BCUT2D eigenvalue weighted by molar-refractivity contribution is 0.378. The zero-order valence-electron chi connectivity index (χ0n) is 12.6. The molecule has 0 spiro atoms. The van der Waals surface area contributed by atoms with Crippen LogP contribution in [-0.2, 0) is 10.0 Å². The Kier molecular flexibility index (Phi) is 5.32. The smallest absolute Gasteiger partial charge is 0.242 e. The van der Waals surface area contributed by atoms with Gasteiger partial charge in [0.05, 0.1) is 20.6 Å². The van der Waals surface area contributed by atoms with Crippen LogP contribution in [0.15, 0.2) is 28.6 Å². The Balaban J connectivity index is 2.05. The van der Waals surface area contributed by atoms with Crippen LogP contribution in [0.2, 0.25) is 0 Å². The third kappa shape index (κ3) is 4.00. The van der Waals surface area contributed by atoms with Crippen molar-refractivity contribution in [1.29, 1.82) is 0 Å². The van der Waals surface area contributed by atoms with Crippen molar-refractivity contribution in [3.63, 3.8) is 0 Å². The number of nitrogens with zero attached hydrogens (tertiary/aromatic N) is 3. The molecule has 0 atom stereocenters. The first-order chi connectivity index (χ1) is 9.91. The van der Waals surface area contributed by atoms with Crippen LogP contribution in [0.5, 0.6) is 0 Å². The summed E-state index contributed by atoms with van der Waals surface area (Å²) in [6.07, 6.45) is 1.84. The van der Waals surface area contributed by atoms with E-state index in [1.165, 1.54) is 15.6 Å². The molecule has 2 rings (SSSR count). The molecule has 7 heteroatoms. The maximum Gasteiger partial charge on any atom is 0.242 e. The Morgan fingerprint density at radius 2 is 1.86 bits per heavy atom. The van der Waals surface area contributed by atoms with Crippen molar-refractivity contribution >= 4 is 31.6 Å². The van der Waals surface area contributed by atoms with Gasteiger partial charge in [0.1, 0.15) is 0 Å². The first kappa shape index (κ1) is 16.4. The van der Waals surface area contributed by atoms with Crippen molar-refractivity contribution in [3.8, 4) is 0 Å². The monoisotopic (exact) mass is 327 g/mol. The molecule has 0 aliphatic rings. The van der Waals surface area contributed by atoms with Gasteiger partial charge in [0.2, 0.25) is 10.0 Å². The van der Waals surface area contributed by atoms with E-state index in [1.54, 1.807) is 30.8 Å². The number of fused-ring (bicyclic) bond motifs is 1. The van der Waals surface area contributed by atoms with E-state index >= 15 is 0 Å². The second-order valence-corrected chi connectivity index (χ2v) is 8.25. The van der Waals surface area contributed by atoms with E-state index in [0.717, 1.165) is 29.6 Å². The van der Waals surface area contributed by atoms with Crippen LogP contribution in [0, 0.1) is 0 Å². The number of sulfonamides is 1. The van der Waals surface area contributed by atoms with Gasteiger partial charge in [0, 0.05) is 13.6 Å². The molecule has 116 valence electrons. The molecule has 0 fully saturated rings. The maximum atomic E-state index is 12.5. The van der Waals surface area contributed by atoms with Gasteiger partial charge in [0.15, 0.2) is 0 Å². The summed E-state index contributed by atoms with van der Waals surface area (Å²) in [5.74, 6) is 0. The van der Waals surface area contributed by atoms with Gasteiger partial charge in [-0.3, -0.25) is 0 Å². The summed E-state index contributed by atoms with van der Waals surface area (Å²) in [5, 5.41) is 0. The van der Waals surface area contributed by atoms with E-state index in [0.29, 0.717) is 11.4 Å². The van der Waals surface area contributed by atoms with Gasteiger partial charge >= 0.3 is 0 Å². The van der Waals surface area contributed by atoms with Crippen molar-refractivity contribution < 1.29 is 8.42 Å². The Labute approximate surface area is 130 Å². The molecule has 0 aliphatic carbocycles. The topological polar surface area (TPSA) is 53.5 Å². The normalized spacial score (nSPS) is 12.6. The van der Waals surface area contributed by atoms with Gasteiger partial charge in [-0.05, 0) is 51.7 Å². The molecule has 0 amide bonds. The minimum atomic E-state index is -3.41. The third-order valence-electron chi connectivity index (χ3n) is 3.34. The van der Waals surface area contributed by atoms with Crippen LogP contribution in [-0.4, -0.2) is 56.8 Å². The van der Waals surface area contributed by atoms with Gasteiger partial charge in [-0.2, -0.15) is 0 Å². The Morgan fingerprint density at radius 1 is 1.14 bits per heavy atom. The fraction of sp³-hybridized carbons (Fsp3) is 0.500. The highest BCUT2D eigenvalue weighted by Crippen LogP contribution is 2.23. The Hall–Kier alpha value is -1.02. The summed E-state index contributed by atoms with van der Waals surface area (Å²) in [6, 6.07) is 5.10. The van der Waals surface area contributed by atoms with Crippen molar-refractivity contribution in [2.24, 2.45) is 0 Å². The summed E-state index contributed by atoms with van der Waals surface area (Å²) in [5.41, 5.74) is 2.57. The summed E-state index contributed by atoms with van der Waals surface area (Å²) >= 11 is 1.45. The molecule has 0 radical (unpaired) electrons. The van der Waals surface area contributed by atoms with Crippen LogP contribution in [0.1, 0.15) is 12.8 Å². The number of thiazole rings is 1. The zero-order valence-corrected chi connectivity index (χ0v) is 14.2. The first-order valence-electron chi connectivity index (χ1n) is 6.85. The first-order valence-corrected chi connectivity index (χ1v) is 9.17. The number of benzene rings is 1. The molecule has 1 heterocycles. The van der Waals surface area contributed by atoms with Crippen LogP contribution in [0.4, 0.5) is 0 Å². The third-order valence-corrected chi connectivity index (χ3v) is 5.98. The van der Waals surface area contributed by atoms with Crippen molar-refractivity contribution in [2.45, 2.75) is 17.7 Å². The van der Waals surface area contributed by atoms with Gasteiger partial charge in [-0.1, -0.05) is 0 Å². The van der Waals surface area contributed by atoms with Crippen LogP contribution in [0.3, 0.4) is 0 Å². The molecular weight excluding hydrogens is 306 g/mol. The maximum absolute atomic E-state index is 12.5. The fourth-order valence-corrected chi connectivity index (χ4v) is 4.09.